The van der Waals surface area contributed by atoms with Gasteiger partial charge >= 0.3 is 5.76 Å². The Balaban J connectivity index is 1.74. The number of nitrogens with zero attached hydrogens (tertiary/aromatic N) is 1. The van der Waals surface area contributed by atoms with Crippen LogP contribution in [-0.4, -0.2) is 16.5 Å². The molecule has 1 aromatic heterocycles. The molecule has 5 nitrogen and oxygen atoms in total. The summed E-state index contributed by atoms with van der Waals surface area (Å²) in [6.07, 6.45) is 4.57. The molecule has 112 valence electrons. The van der Waals surface area contributed by atoms with Gasteiger partial charge in [-0.05, 0) is 30.9 Å². The van der Waals surface area contributed by atoms with Gasteiger partial charge in [0.05, 0.1) is 5.52 Å². The lowest BCUT2D eigenvalue weighted by Gasteiger charge is -2.29. The van der Waals surface area contributed by atoms with E-state index >= 15 is 0 Å². The zero-order valence-electron chi connectivity index (χ0n) is 12.2. The van der Waals surface area contributed by atoms with Crippen LogP contribution in [0, 0.1) is 5.92 Å². The number of amides is 1. The lowest BCUT2D eigenvalue weighted by Crippen LogP contribution is -2.43. The van der Waals surface area contributed by atoms with E-state index in [4.69, 9.17) is 4.42 Å². The second-order valence-electron chi connectivity index (χ2n) is 5.86. The number of hydrogen-bond donors (Lipinski definition) is 1. The third kappa shape index (κ3) is 2.86. The third-order valence-electron chi connectivity index (χ3n) is 4.33. The van der Waals surface area contributed by atoms with Crippen molar-refractivity contribution in [3.63, 3.8) is 0 Å². The average molecular weight is 288 g/mol. The van der Waals surface area contributed by atoms with Crippen LogP contribution >= 0.6 is 0 Å². The SMILES string of the molecule is C[C@H]1CCCC[C@@H]1NC(=O)Cn1c(=O)oc2ccccc21. The van der Waals surface area contributed by atoms with Crippen molar-refractivity contribution in [1.29, 1.82) is 0 Å². The summed E-state index contributed by atoms with van der Waals surface area (Å²) in [5.41, 5.74) is 1.18. The fourth-order valence-corrected chi connectivity index (χ4v) is 3.09. The van der Waals surface area contributed by atoms with Gasteiger partial charge in [-0.2, -0.15) is 0 Å². The van der Waals surface area contributed by atoms with Gasteiger partial charge in [0.1, 0.15) is 6.54 Å². The van der Waals surface area contributed by atoms with Crippen LogP contribution in [0.3, 0.4) is 0 Å². The molecule has 1 aromatic carbocycles. The summed E-state index contributed by atoms with van der Waals surface area (Å²) >= 11 is 0. The highest BCUT2D eigenvalue weighted by molar-refractivity contribution is 5.79. The smallest absolute Gasteiger partial charge is 0.408 e. The minimum absolute atomic E-state index is 0.0130. The molecular formula is C16H20N2O3. The molecule has 0 radical (unpaired) electrons. The molecule has 1 fully saturated rings. The average Bonchev–Trinajstić information content (AvgIpc) is 2.78. The lowest BCUT2D eigenvalue weighted by molar-refractivity contribution is -0.123. The topological polar surface area (TPSA) is 64.2 Å². The number of para-hydroxylation sites is 2. The maximum Gasteiger partial charge on any atom is 0.420 e. The monoisotopic (exact) mass is 288 g/mol. The maximum atomic E-state index is 12.2. The van der Waals surface area contributed by atoms with Crippen LogP contribution in [0.2, 0.25) is 0 Å². The Hall–Kier alpha value is -2.04. The van der Waals surface area contributed by atoms with Crippen LogP contribution in [0.4, 0.5) is 0 Å². The number of benzene rings is 1. The Labute approximate surface area is 122 Å². The zero-order chi connectivity index (χ0) is 14.8. The van der Waals surface area contributed by atoms with Crippen LogP contribution in [-0.2, 0) is 11.3 Å². The lowest BCUT2D eigenvalue weighted by atomic mass is 9.86. The van der Waals surface area contributed by atoms with Gasteiger partial charge in [0.2, 0.25) is 5.91 Å². The van der Waals surface area contributed by atoms with Gasteiger partial charge in [-0.3, -0.25) is 9.36 Å². The Bertz CT molecular complexity index is 701. The Kier molecular flexibility index (Phi) is 3.82. The van der Waals surface area contributed by atoms with Gasteiger partial charge < -0.3 is 9.73 Å². The molecule has 0 spiro atoms. The molecule has 1 saturated carbocycles. The number of oxazole rings is 1. The molecule has 1 aliphatic rings. The first-order valence-corrected chi connectivity index (χ1v) is 7.53. The van der Waals surface area contributed by atoms with Gasteiger partial charge in [-0.15, -0.1) is 0 Å². The fraction of sp³-hybridized carbons (Fsp3) is 0.500. The van der Waals surface area contributed by atoms with E-state index in [1.54, 1.807) is 18.2 Å². The van der Waals surface area contributed by atoms with Crippen LogP contribution < -0.4 is 11.1 Å². The number of rotatable bonds is 3. The highest BCUT2D eigenvalue weighted by Gasteiger charge is 2.23. The van der Waals surface area contributed by atoms with E-state index in [9.17, 15) is 9.59 Å². The molecule has 0 saturated heterocycles. The Morgan fingerprint density at radius 1 is 1.33 bits per heavy atom. The van der Waals surface area contributed by atoms with Crippen molar-refractivity contribution >= 4 is 17.0 Å². The normalized spacial score (nSPS) is 22.3. The van der Waals surface area contributed by atoms with E-state index < -0.39 is 5.76 Å². The molecule has 2 atom stereocenters. The molecule has 5 heteroatoms. The van der Waals surface area contributed by atoms with Crippen molar-refractivity contribution in [3.8, 4) is 0 Å². The van der Waals surface area contributed by atoms with E-state index in [-0.39, 0.29) is 18.5 Å². The first kappa shape index (κ1) is 13.9. The van der Waals surface area contributed by atoms with E-state index in [2.05, 4.69) is 12.2 Å². The first-order chi connectivity index (χ1) is 10.1. The summed E-state index contributed by atoms with van der Waals surface area (Å²) in [5, 5.41) is 3.06. The van der Waals surface area contributed by atoms with Crippen LogP contribution in [0.25, 0.3) is 11.1 Å². The van der Waals surface area contributed by atoms with Crippen molar-refractivity contribution in [1.82, 2.24) is 9.88 Å². The molecule has 21 heavy (non-hydrogen) atoms. The van der Waals surface area contributed by atoms with Crippen LogP contribution in [0.5, 0.6) is 0 Å². The summed E-state index contributed by atoms with van der Waals surface area (Å²) < 4.78 is 6.53. The minimum Gasteiger partial charge on any atom is -0.408 e. The van der Waals surface area contributed by atoms with E-state index in [0.29, 0.717) is 17.0 Å². The fourth-order valence-electron chi connectivity index (χ4n) is 3.09. The molecule has 0 aliphatic heterocycles. The van der Waals surface area contributed by atoms with Gasteiger partial charge in [-0.1, -0.05) is 31.9 Å². The summed E-state index contributed by atoms with van der Waals surface area (Å²) in [5.74, 6) is -0.106. The van der Waals surface area contributed by atoms with Gasteiger partial charge in [0, 0.05) is 6.04 Å². The predicted octanol–water partition coefficient (Wildman–Crippen LogP) is 2.29. The number of carbonyl (C=O) groups excluding carboxylic acids is 1. The summed E-state index contributed by atoms with van der Waals surface area (Å²) in [7, 11) is 0. The zero-order valence-corrected chi connectivity index (χ0v) is 12.2. The predicted molar refractivity (Wildman–Crippen MR) is 80.0 cm³/mol. The van der Waals surface area contributed by atoms with Crippen molar-refractivity contribution in [2.45, 2.75) is 45.2 Å². The highest BCUT2D eigenvalue weighted by Crippen LogP contribution is 2.23. The second-order valence-corrected chi connectivity index (χ2v) is 5.86. The number of aromatic nitrogens is 1. The highest BCUT2D eigenvalue weighted by atomic mass is 16.4. The van der Waals surface area contributed by atoms with Gasteiger partial charge in [0.15, 0.2) is 5.58 Å². The standard InChI is InChI=1S/C16H20N2O3/c1-11-6-2-3-7-12(11)17-15(19)10-18-13-8-4-5-9-14(13)21-16(18)20/h4-5,8-9,11-12H,2-3,6-7,10H2,1H3,(H,17,19)/t11-,12-/m0/s1. The Morgan fingerprint density at radius 3 is 2.90 bits per heavy atom. The second kappa shape index (κ2) is 5.76. The molecular weight excluding hydrogens is 268 g/mol. The maximum absolute atomic E-state index is 12.2. The minimum atomic E-state index is -0.483. The molecule has 3 rings (SSSR count). The number of hydrogen-bond acceptors (Lipinski definition) is 3. The van der Waals surface area contributed by atoms with Crippen molar-refractivity contribution < 1.29 is 9.21 Å². The third-order valence-corrected chi connectivity index (χ3v) is 4.33. The van der Waals surface area contributed by atoms with E-state index in [0.717, 1.165) is 19.3 Å². The van der Waals surface area contributed by atoms with Crippen LogP contribution in [0.1, 0.15) is 32.6 Å². The number of nitrogens with one attached hydrogen (secondary N) is 1. The molecule has 1 amide bonds. The summed E-state index contributed by atoms with van der Waals surface area (Å²) in [6, 6.07) is 7.37. The van der Waals surface area contributed by atoms with Crippen LogP contribution in [0.15, 0.2) is 33.5 Å². The first-order valence-electron chi connectivity index (χ1n) is 7.53. The molecule has 0 bridgehead atoms. The molecule has 0 unspecified atom stereocenters. The summed E-state index contributed by atoms with van der Waals surface area (Å²) in [6.45, 7) is 2.18. The number of carbonyl (C=O) groups is 1. The van der Waals surface area contributed by atoms with Gasteiger partial charge in [0.25, 0.3) is 0 Å². The van der Waals surface area contributed by atoms with E-state index in [1.807, 2.05) is 6.07 Å². The number of fused-ring (bicyclic) bond motifs is 1. The van der Waals surface area contributed by atoms with Crippen molar-refractivity contribution in [2.24, 2.45) is 5.92 Å². The quantitative estimate of drug-likeness (QED) is 0.942. The largest absolute Gasteiger partial charge is 0.420 e. The summed E-state index contributed by atoms with van der Waals surface area (Å²) in [4.78, 5) is 24.1. The molecule has 1 N–H and O–H groups in total. The van der Waals surface area contributed by atoms with E-state index in [1.165, 1.54) is 11.0 Å². The Morgan fingerprint density at radius 2 is 2.10 bits per heavy atom. The molecule has 2 aromatic rings. The van der Waals surface area contributed by atoms with Gasteiger partial charge in [-0.25, -0.2) is 4.79 Å². The molecule has 1 heterocycles. The van der Waals surface area contributed by atoms with Crippen molar-refractivity contribution in [2.75, 3.05) is 0 Å². The molecule has 1 aliphatic carbocycles. The van der Waals surface area contributed by atoms with Crippen molar-refractivity contribution in [3.05, 3.63) is 34.8 Å².